The van der Waals surface area contributed by atoms with Crippen molar-refractivity contribution in [2.75, 3.05) is 0 Å². The van der Waals surface area contributed by atoms with Crippen LogP contribution in [0, 0.1) is 0 Å². The Labute approximate surface area is 74.5 Å². The van der Waals surface area contributed by atoms with Gasteiger partial charge in [-0.25, -0.2) is 8.78 Å². The van der Waals surface area contributed by atoms with Crippen LogP contribution in [0.3, 0.4) is 0 Å². The van der Waals surface area contributed by atoms with E-state index in [9.17, 15) is 8.78 Å². The minimum atomic E-state index is -2.60. The maximum absolute atomic E-state index is 12.6. The third-order valence-corrected chi connectivity index (χ3v) is 2.37. The highest BCUT2D eigenvalue weighted by Crippen LogP contribution is 2.49. The lowest BCUT2D eigenvalue weighted by Crippen LogP contribution is -2.55. The van der Waals surface area contributed by atoms with Gasteiger partial charge in [0, 0.05) is 26.1 Å². The molecule has 1 aromatic heterocycles. The zero-order chi connectivity index (χ0) is 9.69. The molecule has 72 valence electrons. The molecule has 3 nitrogen and oxygen atoms in total. The molecule has 0 unspecified atom stereocenters. The standard InChI is InChI=1S/C8H11F2N3/c1-13-3-2-6(12-13)7(11)4-8(9,10)5-7/h2-3H,4-5,11H2,1H3. The maximum atomic E-state index is 12.6. The van der Waals surface area contributed by atoms with E-state index in [0.717, 1.165) is 0 Å². The zero-order valence-electron chi connectivity index (χ0n) is 7.30. The molecule has 5 heteroatoms. The van der Waals surface area contributed by atoms with Gasteiger partial charge >= 0.3 is 0 Å². The number of aromatic nitrogens is 2. The van der Waals surface area contributed by atoms with Crippen molar-refractivity contribution in [1.82, 2.24) is 9.78 Å². The van der Waals surface area contributed by atoms with E-state index >= 15 is 0 Å². The van der Waals surface area contributed by atoms with E-state index in [1.807, 2.05) is 0 Å². The van der Waals surface area contributed by atoms with Gasteiger partial charge in [-0.3, -0.25) is 4.68 Å². The Morgan fingerprint density at radius 3 is 2.54 bits per heavy atom. The Balaban J connectivity index is 2.20. The first-order chi connectivity index (χ1) is 5.91. The van der Waals surface area contributed by atoms with Crippen LogP contribution in [0.25, 0.3) is 0 Å². The van der Waals surface area contributed by atoms with Gasteiger partial charge in [-0.05, 0) is 6.07 Å². The lowest BCUT2D eigenvalue weighted by atomic mass is 9.72. The molecule has 0 bridgehead atoms. The van der Waals surface area contributed by atoms with Crippen molar-refractivity contribution in [3.8, 4) is 0 Å². The molecule has 1 fully saturated rings. The van der Waals surface area contributed by atoms with E-state index in [-0.39, 0.29) is 12.8 Å². The molecule has 0 amide bonds. The van der Waals surface area contributed by atoms with E-state index in [1.165, 1.54) is 0 Å². The molecule has 1 aliphatic rings. The largest absolute Gasteiger partial charge is 0.320 e. The first-order valence-electron chi connectivity index (χ1n) is 4.08. The van der Waals surface area contributed by atoms with E-state index in [1.54, 1.807) is 24.0 Å². The summed E-state index contributed by atoms with van der Waals surface area (Å²) in [5.41, 5.74) is 5.40. The van der Waals surface area contributed by atoms with E-state index in [2.05, 4.69) is 5.10 Å². The fourth-order valence-corrected chi connectivity index (χ4v) is 1.73. The normalized spacial score (nSPS) is 24.0. The minimum Gasteiger partial charge on any atom is -0.320 e. The summed E-state index contributed by atoms with van der Waals surface area (Å²) in [4.78, 5) is 0. The molecule has 0 aliphatic heterocycles. The fourth-order valence-electron chi connectivity index (χ4n) is 1.73. The van der Waals surface area contributed by atoms with Crippen LogP contribution in [0.4, 0.5) is 8.78 Å². The number of halogens is 2. The van der Waals surface area contributed by atoms with E-state index < -0.39 is 11.5 Å². The molecule has 0 radical (unpaired) electrons. The van der Waals surface area contributed by atoms with Crippen LogP contribution >= 0.6 is 0 Å². The van der Waals surface area contributed by atoms with Crippen molar-refractivity contribution in [3.63, 3.8) is 0 Å². The Morgan fingerprint density at radius 1 is 1.54 bits per heavy atom. The van der Waals surface area contributed by atoms with Crippen LogP contribution in [0.15, 0.2) is 12.3 Å². The van der Waals surface area contributed by atoms with Gasteiger partial charge in [-0.15, -0.1) is 0 Å². The highest BCUT2D eigenvalue weighted by atomic mass is 19.3. The average Bonchev–Trinajstić information content (AvgIpc) is 2.31. The molecule has 2 rings (SSSR count). The van der Waals surface area contributed by atoms with Gasteiger partial charge in [0.15, 0.2) is 0 Å². The van der Waals surface area contributed by atoms with Crippen LogP contribution < -0.4 is 5.73 Å². The maximum Gasteiger partial charge on any atom is 0.252 e. The number of nitrogens with two attached hydrogens (primary N) is 1. The lowest BCUT2D eigenvalue weighted by molar-refractivity contribution is -0.126. The van der Waals surface area contributed by atoms with E-state index in [4.69, 9.17) is 5.73 Å². The number of aryl methyl sites for hydroxylation is 1. The highest BCUT2D eigenvalue weighted by molar-refractivity contribution is 5.20. The Bertz CT molecular complexity index is 324. The van der Waals surface area contributed by atoms with Gasteiger partial charge in [0.25, 0.3) is 5.92 Å². The monoisotopic (exact) mass is 187 g/mol. The summed E-state index contributed by atoms with van der Waals surface area (Å²) in [6.07, 6.45) is 1.12. The van der Waals surface area contributed by atoms with Crippen molar-refractivity contribution in [1.29, 1.82) is 0 Å². The molecular formula is C8H11F2N3. The number of hydrogen-bond acceptors (Lipinski definition) is 2. The molecule has 13 heavy (non-hydrogen) atoms. The van der Waals surface area contributed by atoms with Gasteiger partial charge in [0.2, 0.25) is 0 Å². The Kier molecular flexibility index (Phi) is 1.52. The molecule has 0 atom stereocenters. The molecular weight excluding hydrogens is 176 g/mol. The van der Waals surface area contributed by atoms with Gasteiger partial charge in [-0.2, -0.15) is 5.10 Å². The summed E-state index contributed by atoms with van der Waals surface area (Å²) in [6.45, 7) is 0. The van der Waals surface area contributed by atoms with Crippen molar-refractivity contribution >= 4 is 0 Å². The second-order valence-electron chi connectivity index (χ2n) is 3.74. The number of rotatable bonds is 1. The first-order valence-corrected chi connectivity index (χ1v) is 4.08. The SMILES string of the molecule is Cn1ccc(C2(N)CC(F)(F)C2)n1. The second-order valence-corrected chi connectivity index (χ2v) is 3.74. The fraction of sp³-hybridized carbons (Fsp3) is 0.625. The van der Waals surface area contributed by atoms with Crippen LogP contribution in [-0.4, -0.2) is 15.7 Å². The van der Waals surface area contributed by atoms with Crippen LogP contribution in [0.1, 0.15) is 18.5 Å². The quantitative estimate of drug-likeness (QED) is 0.712. The predicted octanol–water partition coefficient (Wildman–Crippen LogP) is 1.00. The summed E-state index contributed by atoms with van der Waals surface area (Å²) in [7, 11) is 1.74. The number of nitrogens with zero attached hydrogens (tertiary/aromatic N) is 2. The molecule has 1 heterocycles. The number of hydrogen-bond donors (Lipinski definition) is 1. The smallest absolute Gasteiger partial charge is 0.252 e. The average molecular weight is 187 g/mol. The third-order valence-electron chi connectivity index (χ3n) is 2.37. The summed E-state index contributed by atoms with van der Waals surface area (Å²) in [5.74, 6) is -2.60. The Hall–Kier alpha value is -0.970. The number of alkyl halides is 2. The van der Waals surface area contributed by atoms with Gasteiger partial charge in [0.05, 0.1) is 11.2 Å². The summed E-state index contributed by atoms with van der Waals surface area (Å²) < 4.78 is 26.8. The third kappa shape index (κ3) is 1.33. The van der Waals surface area contributed by atoms with Crippen molar-refractivity contribution in [2.45, 2.75) is 24.3 Å². The molecule has 0 spiro atoms. The van der Waals surface area contributed by atoms with Crippen molar-refractivity contribution in [2.24, 2.45) is 12.8 Å². The molecule has 2 N–H and O–H groups in total. The van der Waals surface area contributed by atoms with Gasteiger partial charge in [0.1, 0.15) is 0 Å². The van der Waals surface area contributed by atoms with Crippen LogP contribution in [-0.2, 0) is 12.6 Å². The summed E-state index contributed by atoms with van der Waals surface area (Å²) >= 11 is 0. The van der Waals surface area contributed by atoms with Crippen LogP contribution in [0.2, 0.25) is 0 Å². The molecule has 1 saturated carbocycles. The predicted molar refractivity (Wildman–Crippen MR) is 43.3 cm³/mol. The van der Waals surface area contributed by atoms with Crippen LogP contribution in [0.5, 0.6) is 0 Å². The van der Waals surface area contributed by atoms with Gasteiger partial charge in [-0.1, -0.05) is 0 Å². The Morgan fingerprint density at radius 2 is 2.15 bits per heavy atom. The first kappa shape index (κ1) is 8.62. The summed E-state index contributed by atoms with van der Waals surface area (Å²) in [6, 6.07) is 1.69. The minimum absolute atomic E-state index is 0.295. The molecule has 1 aliphatic carbocycles. The van der Waals surface area contributed by atoms with E-state index in [0.29, 0.717) is 5.69 Å². The highest BCUT2D eigenvalue weighted by Gasteiger charge is 2.56. The lowest BCUT2D eigenvalue weighted by Gasteiger charge is -2.43. The second kappa shape index (κ2) is 2.29. The summed E-state index contributed by atoms with van der Waals surface area (Å²) in [5, 5.41) is 4.03. The van der Waals surface area contributed by atoms with Crippen molar-refractivity contribution < 1.29 is 8.78 Å². The molecule has 0 aromatic carbocycles. The molecule has 1 aromatic rings. The van der Waals surface area contributed by atoms with Crippen molar-refractivity contribution in [3.05, 3.63) is 18.0 Å². The molecule has 0 saturated heterocycles. The van der Waals surface area contributed by atoms with Gasteiger partial charge < -0.3 is 5.73 Å². The topological polar surface area (TPSA) is 43.8 Å². The zero-order valence-corrected chi connectivity index (χ0v) is 7.30.